The molecule has 0 aromatic carbocycles. The summed E-state index contributed by atoms with van der Waals surface area (Å²) in [6.07, 6.45) is 1.91. The SMILES string of the molecule is O=C(O)/C=C(/F)c1cc(Br)nn1-c1ncccc1Cl. The van der Waals surface area contributed by atoms with E-state index in [0.29, 0.717) is 10.7 Å². The van der Waals surface area contributed by atoms with Crippen LogP contribution in [0.5, 0.6) is 0 Å². The summed E-state index contributed by atoms with van der Waals surface area (Å²) < 4.78 is 15.3. The Morgan fingerprint density at radius 1 is 1.58 bits per heavy atom. The molecule has 0 aliphatic rings. The predicted octanol–water partition coefficient (Wildman–Crippen LogP) is 3.08. The van der Waals surface area contributed by atoms with Crippen molar-refractivity contribution in [2.75, 3.05) is 0 Å². The lowest BCUT2D eigenvalue weighted by Gasteiger charge is -2.05. The predicted molar refractivity (Wildman–Crippen MR) is 70.8 cm³/mol. The molecule has 19 heavy (non-hydrogen) atoms. The van der Waals surface area contributed by atoms with Crippen molar-refractivity contribution in [1.82, 2.24) is 14.8 Å². The Morgan fingerprint density at radius 3 is 2.95 bits per heavy atom. The monoisotopic (exact) mass is 345 g/mol. The van der Waals surface area contributed by atoms with E-state index in [0.717, 1.165) is 4.68 Å². The van der Waals surface area contributed by atoms with Crippen LogP contribution in [0.25, 0.3) is 11.6 Å². The molecule has 0 aliphatic carbocycles. The molecule has 2 heterocycles. The van der Waals surface area contributed by atoms with Crippen LogP contribution in [0.2, 0.25) is 5.02 Å². The van der Waals surface area contributed by atoms with Gasteiger partial charge < -0.3 is 5.11 Å². The van der Waals surface area contributed by atoms with E-state index >= 15 is 0 Å². The molecule has 0 aliphatic heterocycles. The standard InChI is InChI=1S/C11H6BrClFN3O2/c12-9-5-8(7(14)4-10(18)19)17(16-9)11-6(13)2-1-3-15-11/h1-5H,(H,18,19)/b7-4+. The van der Waals surface area contributed by atoms with Gasteiger partial charge in [0.05, 0.1) is 11.1 Å². The molecule has 0 bridgehead atoms. The zero-order valence-corrected chi connectivity index (χ0v) is 11.6. The maximum absolute atomic E-state index is 13.8. The van der Waals surface area contributed by atoms with Crippen LogP contribution in [-0.2, 0) is 4.79 Å². The lowest BCUT2D eigenvalue weighted by atomic mass is 10.3. The molecule has 2 rings (SSSR count). The fraction of sp³-hybridized carbons (Fsp3) is 0. The van der Waals surface area contributed by atoms with Crippen molar-refractivity contribution in [3.63, 3.8) is 0 Å². The van der Waals surface area contributed by atoms with E-state index in [2.05, 4.69) is 26.0 Å². The summed E-state index contributed by atoms with van der Waals surface area (Å²) in [5.74, 6) is -2.14. The van der Waals surface area contributed by atoms with Crippen LogP contribution < -0.4 is 0 Å². The summed E-state index contributed by atoms with van der Waals surface area (Å²) in [5.41, 5.74) is -0.0603. The molecule has 5 nitrogen and oxygen atoms in total. The molecule has 8 heteroatoms. The van der Waals surface area contributed by atoms with Crippen LogP contribution in [0.1, 0.15) is 5.69 Å². The molecule has 0 saturated heterocycles. The van der Waals surface area contributed by atoms with Gasteiger partial charge in [0, 0.05) is 12.3 Å². The first kappa shape index (κ1) is 13.7. The van der Waals surface area contributed by atoms with Crippen molar-refractivity contribution in [3.05, 3.63) is 45.8 Å². The normalized spacial score (nSPS) is 11.6. The molecule has 98 valence electrons. The number of nitrogens with zero attached hydrogens (tertiary/aromatic N) is 3. The van der Waals surface area contributed by atoms with Crippen molar-refractivity contribution < 1.29 is 14.3 Å². The summed E-state index contributed by atoms with van der Waals surface area (Å²) in [6, 6.07) is 4.52. The average Bonchev–Trinajstić information content (AvgIpc) is 2.71. The second-order valence-corrected chi connectivity index (χ2v) is 4.62. The van der Waals surface area contributed by atoms with E-state index in [-0.39, 0.29) is 16.5 Å². The van der Waals surface area contributed by atoms with Gasteiger partial charge in [0.25, 0.3) is 0 Å². The molecule has 0 radical (unpaired) electrons. The van der Waals surface area contributed by atoms with Gasteiger partial charge >= 0.3 is 5.97 Å². The number of hydrogen-bond acceptors (Lipinski definition) is 3. The van der Waals surface area contributed by atoms with Gasteiger partial charge in [-0.3, -0.25) is 0 Å². The minimum atomic E-state index is -1.39. The highest BCUT2D eigenvalue weighted by Crippen LogP contribution is 2.26. The van der Waals surface area contributed by atoms with E-state index < -0.39 is 11.8 Å². The van der Waals surface area contributed by atoms with E-state index in [4.69, 9.17) is 16.7 Å². The number of pyridine rings is 1. The molecule has 2 aromatic rings. The van der Waals surface area contributed by atoms with E-state index in [1.54, 1.807) is 12.1 Å². The lowest BCUT2D eigenvalue weighted by Crippen LogP contribution is -2.04. The maximum atomic E-state index is 13.8. The molecule has 0 spiro atoms. The first-order chi connectivity index (χ1) is 8.99. The van der Waals surface area contributed by atoms with Gasteiger partial charge in [-0.1, -0.05) is 11.6 Å². The van der Waals surface area contributed by atoms with Gasteiger partial charge in [0.1, 0.15) is 10.3 Å². The summed E-state index contributed by atoms with van der Waals surface area (Å²) in [6.45, 7) is 0. The van der Waals surface area contributed by atoms with Gasteiger partial charge in [0.2, 0.25) is 0 Å². The Kier molecular flexibility index (Phi) is 3.96. The Morgan fingerprint density at radius 2 is 2.32 bits per heavy atom. The van der Waals surface area contributed by atoms with Gasteiger partial charge in [-0.05, 0) is 28.1 Å². The molecule has 0 fully saturated rings. The fourth-order valence-electron chi connectivity index (χ4n) is 1.40. The van der Waals surface area contributed by atoms with E-state index in [1.165, 1.54) is 12.3 Å². The number of halogens is 3. The molecule has 0 saturated carbocycles. The van der Waals surface area contributed by atoms with Gasteiger partial charge in [-0.25, -0.2) is 18.9 Å². The number of hydrogen-bond donors (Lipinski definition) is 1. The molecule has 0 amide bonds. The third kappa shape index (κ3) is 2.99. The Labute approximate surface area is 120 Å². The second kappa shape index (κ2) is 5.50. The maximum Gasteiger partial charge on any atom is 0.331 e. The molecule has 0 unspecified atom stereocenters. The molecule has 2 aromatic heterocycles. The number of carbonyl (C=O) groups is 1. The highest BCUT2D eigenvalue weighted by Gasteiger charge is 2.16. The fourth-order valence-corrected chi connectivity index (χ4v) is 1.98. The van der Waals surface area contributed by atoms with Crippen molar-refractivity contribution in [3.8, 4) is 5.82 Å². The number of aromatic nitrogens is 3. The topological polar surface area (TPSA) is 68.0 Å². The summed E-state index contributed by atoms with van der Waals surface area (Å²) in [5, 5.41) is 12.8. The third-order valence-electron chi connectivity index (χ3n) is 2.11. The van der Waals surface area contributed by atoms with Crippen LogP contribution in [-0.4, -0.2) is 25.8 Å². The van der Waals surface area contributed by atoms with Gasteiger partial charge in [-0.15, -0.1) is 0 Å². The minimum Gasteiger partial charge on any atom is -0.478 e. The van der Waals surface area contributed by atoms with Crippen molar-refractivity contribution in [2.45, 2.75) is 0 Å². The molecule has 1 N–H and O–H groups in total. The van der Waals surface area contributed by atoms with Crippen LogP contribution in [0.4, 0.5) is 4.39 Å². The highest BCUT2D eigenvalue weighted by atomic mass is 79.9. The Balaban J connectivity index is 2.60. The molecular formula is C11H6BrClFN3O2. The summed E-state index contributed by atoms with van der Waals surface area (Å²) in [4.78, 5) is 14.5. The number of rotatable bonds is 3. The lowest BCUT2D eigenvalue weighted by molar-refractivity contribution is -0.131. The Bertz CT molecular complexity index is 672. The summed E-state index contributed by atoms with van der Waals surface area (Å²) in [7, 11) is 0. The first-order valence-electron chi connectivity index (χ1n) is 4.96. The van der Waals surface area contributed by atoms with Crippen LogP contribution in [0.15, 0.2) is 35.1 Å². The minimum absolute atomic E-state index is 0.0603. The second-order valence-electron chi connectivity index (χ2n) is 3.40. The van der Waals surface area contributed by atoms with Crippen molar-refractivity contribution >= 4 is 39.3 Å². The Hall–Kier alpha value is -1.73. The van der Waals surface area contributed by atoms with Crippen molar-refractivity contribution in [1.29, 1.82) is 0 Å². The molecular weight excluding hydrogens is 340 g/mol. The van der Waals surface area contributed by atoms with Crippen LogP contribution in [0, 0.1) is 0 Å². The van der Waals surface area contributed by atoms with Crippen LogP contribution >= 0.6 is 27.5 Å². The third-order valence-corrected chi connectivity index (χ3v) is 2.80. The van der Waals surface area contributed by atoms with Crippen LogP contribution in [0.3, 0.4) is 0 Å². The van der Waals surface area contributed by atoms with Gasteiger partial charge in [0.15, 0.2) is 11.6 Å². The number of carboxylic acid groups (broad SMARTS) is 1. The number of carboxylic acids is 1. The zero-order valence-electron chi connectivity index (χ0n) is 9.22. The average molecular weight is 347 g/mol. The largest absolute Gasteiger partial charge is 0.478 e. The van der Waals surface area contributed by atoms with E-state index in [9.17, 15) is 9.18 Å². The smallest absolute Gasteiger partial charge is 0.331 e. The quantitative estimate of drug-likeness (QED) is 0.867. The first-order valence-corrected chi connectivity index (χ1v) is 6.13. The summed E-state index contributed by atoms with van der Waals surface area (Å²) >= 11 is 9.05. The van der Waals surface area contributed by atoms with E-state index in [1.807, 2.05) is 0 Å². The zero-order chi connectivity index (χ0) is 14.0. The van der Waals surface area contributed by atoms with Crippen molar-refractivity contribution in [2.24, 2.45) is 0 Å². The molecule has 0 atom stereocenters. The number of aliphatic carboxylic acids is 1. The van der Waals surface area contributed by atoms with Gasteiger partial charge in [-0.2, -0.15) is 5.10 Å². The highest BCUT2D eigenvalue weighted by molar-refractivity contribution is 9.10.